The minimum Gasteiger partial charge on any atom is -0.321 e. The average Bonchev–Trinajstić information content (AvgIpc) is 2.38. The number of rotatable bonds is 1. The monoisotopic (exact) mass is 284 g/mol. The molecule has 0 unspecified atom stereocenters. The van der Waals surface area contributed by atoms with E-state index in [2.05, 4.69) is 5.32 Å². The second-order valence-electron chi connectivity index (χ2n) is 4.66. The molecular weight excluding hydrogens is 269 g/mol. The molecule has 0 aromatic heterocycles. The van der Waals surface area contributed by atoms with E-state index in [1.54, 1.807) is 4.90 Å². The predicted octanol–water partition coefficient (Wildman–Crippen LogP) is 3.81. The lowest BCUT2D eigenvalue weighted by Gasteiger charge is -2.23. The molecule has 0 saturated heterocycles. The molecule has 1 aromatic carbocycles. The van der Waals surface area contributed by atoms with Gasteiger partial charge in [-0.25, -0.2) is 4.79 Å². The minimum absolute atomic E-state index is 0.0915. The lowest BCUT2D eigenvalue weighted by molar-refractivity contribution is -0.138. The lowest BCUT2D eigenvalue weighted by Crippen LogP contribution is -2.37. The summed E-state index contributed by atoms with van der Waals surface area (Å²) in [7, 11) is 0. The molecule has 6 heteroatoms. The number of alkyl halides is 3. The highest BCUT2D eigenvalue weighted by molar-refractivity contribution is 5.89. The van der Waals surface area contributed by atoms with E-state index in [0.717, 1.165) is 12.5 Å². The molecule has 1 aliphatic rings. The smallest absolute Gasteiger partial charge is 0.321 e. The molecule has 108 valence electrons. The van der Waals surface area contributed by atoms with Crippen LogP contribution < -0.4 is 5.32 Å². The summed E-state index contributed by atoms with van der Waals surface area (Å²) < 4.78 is 37.9. The van der Waals surface area contributed by atoms with Gasteiger partial charge < -0.3 is 10.2 Å². The van der Waals surface area contributed by atoms with E-state index in [0.29, 0.717) is 18.8 Å². The van der Waals surface area contributed by atoms with Crippen LogP contribution in [0.15, 0.2) is 30.4 Å². The Morgan fingerprint density at radius 3 is 2.60 bits per heavy atom. The van der Waals surface area contributed by atoms with Gasteiger partial charge in [0, 0.05) is 18.8 Å². The van der Waals surface area contributed by atoms with Crippen molar-refractivity contribution in [3.05, 3.63) is 41.5 Å². The maximum atomic E-state index is 12.6. The molecule has 2 rings (SSSR count). The second-order valence-corrected chi connectivity index (χ2v) is 4.66. The maximum Gasteiger partial charge on any atom is 0.416 e. The SMILES string of the molecule is Cc1cc(NC(=O)N2CC=CCC2)ccc1C(F)(F)F. The summed E-state index contributed by atoms with van der Waals surface area (Å²) in [4.78, 5) is 13.5. The number of anilines is 1. The number of urea groups is 1. The number of carbonyl (C=O) groups is 1. The molecule has 0 radical (unpaired) electrons. The van der Waals surface area contributed by atoms with Gasteiger partial charge in [0.1, 0.15) is 0 Å². The Kier molecular flexibility index (Phi) is 4.01. The van der Waals surface area contributed by atoms with E-state index in [4.69, 9.17) is 0 Å². The third-order valence-corrected chi connectivity index (χ3v) is 3.13. The zero-order valence-electron chi connectivity index (χ0n) is 11.0. The van der Waals surface area contributed by atoms with Crippen molar-refractivity contribution >= 4 is 11.7 Å². The maximum absolute atomic E-state index is 12.6. The van der Waals surface area contributed by atoms with Gasteiger partial charge in [0.15, 0.2) is 0 Å². The van der Waals surface area contributed by atoms with Gasteiger partial charge in [0.25, 0.3) is 0 Å². The van der Waals surface area contributed by atoms with Gasteiger partial charge in [-0.15, -0.1) is 0 Å². The van der Waals surface area contributed by atoms with Gasteiger partial charge in [-0.2, -0.15) is 13.2 Å². The summed E-state index contributed by atoms with van der Waals surface area (Å²) in [6.07, 6.45) is 0.302. The largest absolute Gasteiger partial charge is 0.416 e. The topological polar surface area (TPSA) is 32.3 Å². The van der Waals surface area contributed by atoms with E-state index in [1.807, 2.05) is 12.2 Å². The predicted molar refractivity (Wildman–Crippen MR) is 70.5 cm³/mol. The molecule has 20 heavy (non-hydrogen) atoms. The second kappa shape index (κ2) is 5.56. The van der Waals surface area contributed by atoms with Crippen LogP contribution in [-0.4, -0.2) is 24.0 Å². The Balaban J connectivity index is 2.09. The minimum atomic E-state index is -4.37. The quantitative estimate of drug-likeness (QED) is 0.781. The molecule has 1 heterocycles. The third kappa shape index (κ3) is 3.31. The molecule has 0 bridgehead atoms. The van der Waals surface area contributed by atoms with Crippen molar-refractivity contribution in [2.75, 3.05) is 18.4 Å². The lowest BCUT2D eigenvalue weighted by atomic mass is 10.1. The summed E-state index contributed by atoms with van der Waals surface area (Å²) in [6, 6.07) is 3.29. The first kappa shape index (κ1) is 14.4. The van der Waals surface area contributed by atoms with Crippen molar-refractivity contribution < 1.29 is 18.0 Å². The Morgan fingerprint density at radius 2 is 2.05 bits per heavy atom. The summed E-state index contributed by atoms with van der Waals surface area (Å²) >= 11 is 0. The number of halogens is 3. The number of nitrogens with one attached hydrogen (secondary N) is 1. The Labute approximate surface area is 115 Å². The van der Waals surface area contributed by atoms with E-state index in [9.17, 15) is 18.0 Å². The molecular formula is C14H15F3N2O. The van der Waals surface area contributed by atoms with Gasteiger partial charge in [0.05, 0.1) is 5.56 Å². The highest BCUT2D eigenvalue weighted by atomic mass is 19.4. The molecule has 3 nitrogen and oxygen atoms in total. The number of hydrogen-bond acceptors (Lipinski definition) is 1. The van der Waals surface area contributed by atoms with Gasteiger partial charge in [-0.3, -0.25) is 0 Å². The normalized spacial score (nSPS) is 15.3. The molecule has 1 N–H and O–H groups in total. The first-order chi connectivity index (χ1) is 9.38. The zero-order valence-corrected chi connectivity index (χ0v) is 11.0. The molecule has 0 saturated carbocycles. The standard InChI is InChI=1S/C14H15F3N2O/c1-10-9-11(5-6-12(10)14(15,16)17)18-13(20)19-7-3-2-4-8-19/h2-3,5-6,9H,4,7-8H2,1H3,(H,18,20). The fraction of sp³-hybridized carbons (Fsp3) is 0.357. The van der Waals surface area contributed by atoms with Gasteiger partial charge in [-0.1, -0.05) is 12.2 Å². The van der Waals surface area contributed by atoms with Gasteiger partial charge in [-0.05, 0) is 37.1 Å². The first-order valence-electron chi connectivity index (χ1n) is 6.26. The van der Waals surface area contributed by atoms with Crippen molar-refractivity contribution in [3.8, 4) is 0 Å². The Morgan fingerprint density at radius 1 is 1.30 bits per heavy atom. The zero-order chi connectivity index (χ0) is 14.8. The molecule has 0 atom stereocenters. The van der Waals surface area contributed by atoms with Crippen LogP contribution in [0.4, 0.5) is 23.7 Å². The van der Waals surface area contributed by atoms with Crippen LogP contribution in [0.1, 0.15) is 17.5 Å². The van der Waals surface area contributed by atoms with Crippen LogP contribution in [0.5, 0.6) is 0 Å². The van der Waals surface area contributed by atoms with Crippen molar-refractivity contribution in [2.45, 2.75) is 19.5 Å². The molecule has 0 aliphatic carbocycles. The summed E-state index contributed by atoms with van der Waals surface area (Å²) in [5, 5.41) is 2.62. The molecule has 1 aliphatic heterocycles. The summed E-state index contributed by atoms with van der Waals surface area (Å²) in [6.45, 7) is 2.51. The van der Waals surface area contributed by atoms with E-state index < -0.39 is 11.7 Å². The van der Waals surface area contributed by atoms with Crippen molar-refractivity contribution in [1.29, 1.82) is 0 Å². The van der Waals surface area contributed by atoms with Crippen LogP contribution in [0.3, 0.4) is 0 Å². The Bertz CT molecular complexity index is 538. The van der Waals surface area contributed by atoms with Crippen LogP contribution in [0.2, 0.25) is 0 Å². The van der Waals surface area contributed by atoms with Crippen LogP contribution in [0, 0.1) is 6.92 Å². The number of benzene rings is 1. The number of amides is 2. The summed E-state index contributed by atoms with van der Waals surface area (Å²) in [5.41, 5.74) is -0.222. The van der Waals surface area contributed by atoms with Crippen LogP contribution >= 0.6 is 0 Å². The highest BCUT2D eigenvalue weighted by Crippen LogP contribution is 2.32. The molecule has 0 fully saturated rings. The number of carbonyl (C=O) groups excluding carboxylic acids is 1. The average molecular weight is 284 g/mol. The van der Waals surface area contributed by atoms with Crippen molar-refractivity contribution in [3.63, 3.8) is 0 Å². The summed E-state index contributed by atoms with van der Waals surface area (Å²) in [5.74, 6) is 0. The van der Waals surface area contributed by atoms with Crippen LogP contribution in [-0.2, 0) is 6.18 Å². The van der Waals surface area contributed by atoms with E-state index >= 15 is 0 Å². The van der Waals surface area contributed by atoms with E-state index in [1.165, 1.54) is 19.1 Å². The first-order valence-corrected chi connectivity index (χ1v) is 6.26. The molecule has 1 aromatic rings. The Hall–Kier alpha value is -1.98. The molecule has 0 spiro atoms. The van der Waals surface area contributed by atoms with Crippen LogP contribution in [0.25, 0.3) is 0 Å². The number of aryl methyl sites for hydroxylation is 1. The fourth-order valence-corrected chi connectivity index (χ4v) is 2.09. The number of nitrogens with zero attached hydrogens (tertiary/aromatic N) is 1. The van der Waals surface area contributed by atoms with Gasteiger partial charge in [0.2, 0.25) is 0 Å². The van der Waals surface area contributed by atoms with Gasteiger partial charge >= 0.3 is 12.2 Å². The highest BCUT2D eigenvalue weighted by Gasteiger charge is 2.32. The third-order valence-electron chi connectivity index (χ3n) is 3.13. The molecule has 2 amide bonds. The van der Waals surface area contributed by atoms with Crippen molar-refractivity contribution in [2.24, 2.45) is 0 Å². The number of hydrogen-bond donors (Lipinski definition) is 1. The van der Waals surface area contributed by atoms with Crippen molar-refractivity contribution in [1.82, 2.24) is 4.90 Å². The fourth-order valence-electron chi connectivity index (χ4n) is 2.09. The van der Waals surface area contributed by atoms with E-state index in [-0.39, 0.29) is 11.6 Å².